The van der Waals surface area contributed by atoms with Crippen LogP contribution in [0, 0.1) is 0 Å². The summed E-state index contributed by atoms with van der Waals surface area (Å²) in [4.78, 5) is 27.2. The van der Waals surface area contributed by atoms with Gasteiger partial charge in [0.05, 0.1) is 5.60 Å². The second-order valence-electron chi connectivity index (χ2n) is 5.33. The van der Waals surface area contributed by atoms with E-state index in [1.807, 2.05) is 0 Å². The summed E-state index contributed by atoms with van der Waals surface area (Å²) >= 11 is 0. The van der Waals surface area contributed by atoms with Crippen molar-refractivity contribution in [1.82, 2.24) is 15.1 Å². The summed E-state index contributed by atoms with van der Waals surface area (Å²) in [6, 6.07) is 0. The summed E-state index contributed by atoms with van der Waals surface area (Å²) in [5.74, 6) is -0.828. The van der Waals surface area contributed by atoms with Crippen molar-refractivity contribution in [3.05, 3.63) is 0 Å². The van der Waals surface area contributed by atoms with E-state index in [1.54, 1.807) is 16.7 Å². The molecule has 0 bridgehead atoms. The number of carbonyl (C=O) groups excluding carboxylic acids is 2. The number of carbonyl (C=O) groups is 2. The molecular formula is C12H21N3O3. The van der Waals surface area contributed by atoms with Gasteiger partial charge in [-0.2, -0.15) is 0 Å². The minimum atomic E-state index is -0.700. The van der Waals surface area contributed by atoms with Gasteiger partial charge in [-0.05, 0) is 19.8 Å². The first-order chi connectivity index (χ1) is 8.49. The lowest BCUT2D eigenvalue weighted by Gasteiger charge is -2.36. The van der Waals surface area contributed by atoms with Crippen molar-refractivity contribution in [3.63, 3.8) is 0 Å². The van der Waals surface area contributed by atoms with Crippen LogP contribution in [0.2, 0.25) is 0 Å². The maximum Gasteiger partial charge on any atom is 0.312 e. The standard InChI is InChI=1S/C12H21N3O3/c1-12(18)2-6-14(7-3-12)10(16)11(17)15-8-4-13-5-9-15/h13,18H,2-9H2,1H3. The highest BCUT2D eigenvalue weighted by atomic mass is 16.3. The van der Waals surface area contributed by atoms with Crippen LogP contribution < -0.4 is 5.32 Å². The van der Waals surface area contributed by atoms with Crippen LogP contribution in [0.25, 0.3) is 0 Å². The van der Waals surface area contributed by atoms with Gasteiger partial charge in [0.25, 0.3) is 0 Å². The number of rotatable bonds is 0. The SMILES string of the molecule is CC1(O)CCN(C(=O)C(=O)N2CCNCC2)CC1. The van der Waals surface area contributed by atoms with E-state index in [9.17, 15) is 14.7 Å². The minimum Gasteiger partial charge on any atom is -0.390 e. The molecule has 2 aliphatic rings. The molecule has 0 unspecified atom stereocenters. The third-order valence-corrected chi connectivity index (χ3v) is 3.71. The zero-order valence-corrected chi connectivity index (χ0v) is 10.8. The molecule has 2 saturated heterocycles. The molecule has 2 fully saturated rings. The van der Waals surface area contributed by atoms with E-state index in [1.165, 1.54) is 0 Å². The van der Waals surface area contributed by atoms with E-state index in [2.05, 4.69) is 5.32 Å². The first-order valence-corrected chi connectivity index (χ1v) is 6.51. The van der Waals surface area contributed by atoms with Crippen molar-refractivity contribution < 1.29 is 14.7 Å². The molecule has 0 spiro atoms. The molecule has 2 rings (SSSR count). The van der Waals surface area contributed by atoms with Gasteiger partial charge >= 0.3 is 11.8 Å². The van der Waals surface area contributed by atoms with E-state index < -0.39 is 17.4 Å². The minimum absolute atomic E-state index is 0.405. The Balaban J connectivity index is 1.89. The zero-order valence-electron chi connectivity index (χ0n) is 10.8. The molecule has 2 aliphatic heterocycles. The highest BCUT2D eigenvalue weighted by Crippen LogP contribution is 2.21. The number of nitrogens with one attached hydrogen (secondary N) is 1. The van der Waals surface area contributed by atoms with Gasteiger partial charge in [-0.3, -0.25) is 9.59 Å². The maximum atomic E-state index is 12.0. The largest absolute Gasteiger partial charge is 0.390 e. The topological polar surface area (TPSA) is 72.9 Å². The van der Waals surface area contributed by atoms with E-state index >= 15 is 0 Å². The van der Waals surface area contributed by atoms with E-state index in [4.69, 9.17) is 0 Å². The molecule has 2 N–H and O–H groups in total. The lowest BCUT2D eigenvalue weighted by Crippen LogP contribution is -2.54. The lowest BCUT2D eigenvalue weighted by molar-refractivity contribution is -0.154. The second-order valence-corrected chi connectivity index (χ2v) is 5.33. The van der Waals surface area contributed by atoms with Gasteiger partial charge in [-0.15, -0.1) is 0 Å². The third kappa shape index (κ3) is 3.00. The van der Waals surface area contributed by atoms with Gasteiger partial charge in [0.2, 0.25) is 0 Å². The molecule has 0 aromatic carbocycles. The van der Waals surface area contributed by atoms with Gasteiger partial charge in [0.15, 0.2) is 0 Å². The number of piperazine rings is 1. The van der Waals surface area contributed by atoms with Crippen LogP contribution in [0.4, 0.5) is 0 Å². The third-order valence-electron chi connectivity index (χ3n) is 3.71. The van der Waals surface area contributed by atoms with E-state index in [0.717, 1.165) is 13.1 Å². The van der Waals surface area contributed by atoms with Crippen LogP contribution in [0.1, 0.15) is 19.8 Å². The number of aliphatic hydroxyl groups is 1. The Morgan fingerprint density at radius 2 is 1.44 bits per heavy atom. The monoisotopic (exact) mass is 255 g/mol. The van der Waals surface area contributed by atoms with Crippen molar-refractivity contribution in [2.75, 3.05) is 39.3 Å². The van der Waals surface area contributed by atoms with Gasteiger partial charge < -0.3 is 20.2 Å². The summed E-state index contributed by atoms with van der Waals surface area (Å²) in [6.07, 6.45) is 1.07. The van der Waals surface area contributed by atoms with Crippen molar-refractivity contribution in [2.45, 2.75) is 25.4 Å². The van der Waals surface area contributed by atoms with Crippen LogP contribution in [0.15, 0.2) is 0 Å². The predicted octanol–water partition coefficient (Wildman–Crippen LogP) is -1.21. The summed E-state index contributed by atoms with van der Waals surface area (Å²) < 4.78 is 0. The fourth-order valence-electron chi connectivity index (χ4n) is 2.33. The molecule has 2 amide bonds. The fraction of sp³-hybridized carbons (Fsp3) is 0.833. The maximum absolute atomic E-state index is 12.0. The Labute approximate surface area is 107 Å². The summed E-state index contributed by atoms with van der Waals surface area (Å²) in [6.45, 7) is 5.37. The average Bonchev–Trinajstić information content (AvgIpc) is 2.38. The molecule has 6 heteroatoms. The van der Waals surface area contributed by atoms with Crippen molar-refractivity contribution in [3.8, 4) is 0 Å². The van der Waals surface area contributed by atoms with Crippen LogP contribution in [0.3, 0.4) is 0 Å². The van der Waals surface area contributed by atoms with Gasteiger partial charge in [-0.1, -0.05) is 0 Å². The van der Waals surface area contributed by atoms with Crippen molar-refractivity contribution in [1.29, 1.82) is 0 Å². The molecular weight excluding hydrogens is 234 g/mol. The molecule has 6 nitrogen and oxygen atoms in total. The molecule has 0 atom stereocenters. The van der Waals surface area contributed by atoms with Crippen molar-refractivity contribution >= 4 is 11.8 Å². The number of nitrogens with zero attached hydrogens (tertiary/aromatic N) is 2. The number of hydrogen-bond donors (Lipinski definition) is 2. The van der Waals surface area contributed by atoms with Crippen molar-refractivity contribution in [2.24, 2.45) is 0 Å². The zero-order chi connectivity index (χ0) is 13.2. The Morgan fingerprint density at radius 1 is 1.00 bits per heavy atom. The van der Waals surface area contributed by atoms with Crippen LogP contribution in [0.5, 0.6) is 0 Å². The molecule has 0 aromatic rings. The molecule has 2 heterocycles. The Bertz CT molecular complexity index is 327. The molecule has 0 radical (unpaired) electrons. The number of piperidine rings is 1. The fourth-order valence-corrected chi connectivity index (χ4v) is 2.33. The van der Waals surface area contributed by atoms with E-state index in [0.29, 0.717) is 39.0 Å². The quantitative estimate of drug-likeness (QED) is 0.533. The molecule has 18 heavy (non-hydrogen) atoms. The highest BCUT2D eigenvalue weighted by molar-refractivity contribution is 6.34. The van der Waals surface area contributed by atoms with Crippen LogP contribution in [-0.2, 0) is 9.59 Å². The molecule has 0 saturated carbocycles. The first kappa shape index (κ1) is 13.3. The lowest BCUT2D eigenvalue weighted by atomic mass is 9.94. The number of likely N-dealkylation sites (tertiary alicyclic amines) is 1. The first-order valence-electron chi connectivity index (χ1n) is 6.51. The highest BCUT2D eigenvalue weighted by Gasteiger charge is 2.33. The predicted molar refractivity (Wildman–Crippen MR) is 65.9 cm³/mol. The summed E-state index contributed by atoms with van der Waals surface area (Å²) in [5, 5.41) is 13.0. The number of amides is 2. The Kier molecular flexibility index (Phi) is 3.87. The summed E-state index contributed by atoms with van der Waals surface area (Å²) in [7, 11) is 0. The van der Waals surface area contributed by atoms with Gasteiger partial charge in [0.1, 0.15) is 0 Å². The average molecular weight is 255 g/mol. The van der Waals surface area contributed by atoms with Gasteiger partial charge in [-0.25, -0.2) is 0 Å². The molecule has 0 aromatic heterocycles. The normalized spacial score (nSPS) is 23.9. The molecule has 102 valence electrons. The van der Waals surface area contributed by atoms with Crippen LogP contribution >= 0.6 is 0 Å². The number of hydrogen-bond acceptors (Lipinski definition) is 4. The smallest absolute Gasteiger partial charge is 0.312 e. The Morgan fingerprint density at radius 3 is 1.94 bits per heavy atom. The second kappa shape index (κ2) is 5.24. The molecule has 0 aliphatic carbocycles. The van der Waals surface area contributed by atoms with Crippen LogP contribution in [-0.4, -0.2) is 71.6 Å². The summed E-state index contributed by atoms with van der Waals surface area (Å²) in [5.41, 5.74) is -0.700. The Hall–Kier alpha value is -1.14. The van der Waals surface area contributed by atoms with Gasteiger partial charge in [0, 0.05) is 39.3 Å². The van der Waals surface area contributed by atoms with E-state index in [-0.39, 0.29) is 0 Å².